The van der Waals surface area contributed by atoms with Crippen molar-refractivity contribution in [3.8, 4) is 0 Å². The zero-order valence-electron chi connectivity index (χ0n) is 11.2. The standard InChI is InChI=1S/C14H28N2/c1-11-4-7-14(12(2)10-11)15-8-9-16(3)13-5-6-13/h11-15H,4-10H2,1-3H3. The van der Waals surface area contributed by atoms with Crippen molar-refractivity contribution in [2.75, 3.05) is 20.1 Å². The maximum absolute atomic E-state index is 3.76. The van der Waals surface area contributed by atoms with E-state index in [1.807, 2.05) is 0 Å². The van der Waals surface area contributed by atoms with Gasteiger partial charge in [0.25, 0.3) is 0 Å². The van der Waals surface area contributed by atoms with Gasteiger partial charge in [-0.15, -0.1) is 0 Å². The second-order valence-corrected chi connectivity index (χ2v) is 6.17. The Balaban J connectivity index is 1.61. The fourth-order valence-electron chi connectivity index (χ4n) is 3.09. The van der Waals surface area contributed by atoms with Gasteiger partial charge < -0.3 is 10.2 Å². The monoisotopic (exact) mass is 224 g/mol. The molecule has 16 heavy (non-hydrogen) atoms. The minimum Gasteiger partial charge on any atom is -0.312 e. The summed E-state index contributed by atoms with van der Waals surface area (Å²) in [5, 5.41) is 3.76. The zero-order chi connectivity index (χ0) is 11.5. The first-order valence-corrected chi connectivity index (χ1v) is 7.10. The SMILES string of the molecule is CC1CCC(NCCN(C)C2CC2)C(C)C1. The van der Waals surface area contributed by atoms with Crippen molar-refractivity contribution in [1.82, 2.24) is 10.2 Å². The zero-order valence-corrected chi connectivity index (χ0v) is 11.2. The fraction of sp³-hybridized carbons (Fsp3) is 1.00. The third-order valence-electron chi connectivity index (χ3n) is 4.47. The Morgan fingerprint density at radius 1 is 1.12 bits per heavy atom. The lowest BCUT2D eigenvalue weighted by molar-refractivity contribution is 0.219. The molecule has 0 spiro atoms. The van der Waals surface area contributed by atoms with Gasteiger partial charge in [0.2, 0.25) is 0 Å². The molecule has 0 amide bonds. The first-order chi connectivity index (χ1) is 7.66. The van der Waals surface area contributed by atoms with Crippen LogP contribution in [0.15, 0.2) is 0 Å². The van der Waals surface area contributed by atoms with Gasteiger partial charge in [-0.1, -0.05) is 13.8 Å². The Morgan fingerprint density at radius 3 is 2.50 bits per heavy atom. The number of likely N-dealkylation sites (N-methyl/N-ethyl adjacent to an activating group) is 1. The molecule has 2 heteroatoms. The molecule has 0 bridgehead atoms. The molecular weight excluding hydrogens is 196 g/mol. The van der Waals surface area contributed by atoms with E-state index >= 15 is 0 Å². The molecule has 3 atom stereocenters. The van der Waals surface area contributed by atoms with Crippen molar-refractivity contribution >= 4 is 0 Å². The van der Waals surface area contributed by atoms with E-state index in [4.69, 9.17) is 0 Å². The van der Waals surface area contributed by atoms with Crippen molar-refractivity contribution in [1.29, 1.82) is 0 Å². The van der Waals surface area contributed by atoms with E-state index < -0.39 is 0 Å². The second kappa shape index (κ2) is 5.50. The minimum absolute atomic E-state index is 0.781. The fourth-order valence-corrected chi connectivity index (χ4v) is 3.09. The molecular formula is C14H28N2. The van der Waals surface area contributed by atoms with Crippen molar-refractivity contribution in [2.45, 2.75) is 58.0 Å². The van der Waals surface area contributed by atoms with E-state index in [9.17, 15) is 0 Å². The topological polar surface area (TPSA) is 15.3 Å². The predicted molar refractivity (Wildman–Crippen MR) is 69.6 cm³/mol. The van der Waals surface area contributed by atoms with E-state index in [2.05, 4.69) is 31.1 Å². The van der Waals surface area contributed by atoms with Crippen LogP contribution in [-0.2, 0) is 0 Å². The highest BCUT2D eigenvalue weighted by molar-refractivity contribution is 4.84. The highest BCUT2D eigenvalue weighted by Crippen LogP contribution is 2.28. The predicted octanol–water partition coefficient (Wildman–Crippen LogP) is 2.49. The van der Waals surface area contributed by atoms with Crippen molar-refractivity contribution in [3.05, 3.63) is 0 Å². The van der Waals surface area contributed by atoms with Crippen LogP contribution in [0.5, 0.6) is 0 Å². The van der Waals surface area contributed by atoms with Crippen LogP contribution in [0.25, 0.3) is 0 Å². The Labute approximate surface area is 101 Å². The first kappa shape index (κ1) is 12.4. The van der Waals surface area contributed by atoms with Crippen LogP contribution in [0.2, 0.25) is 0 Å². The number of hydrogen-bond donors (Lipinski definition) is 1. The van der Waals surface area contributed by atoms with Gasteiger partial charge in [0, 0.05) is 25.2 Å². The Morgan fingerprint density at radius 2 is 1.88 bits per heavy atom. The van der Waals surface area contributed by atoms with Crippen molar-refractivity contribution in [3.63, 3.8) is 0 Å². The summed E-state index contributed by atoms with van der Waals surface area (Å²) in [5.41, 5.74) is 0. The summed E-state index contributed by atoms with van der Waals surface area (Å²) in [6.45, 7) is 7.21. The Hall–Kier alpha value is -0.0800. The molecule has 0 heterocycles. The summed E-state index contributed by atoms with van der Waals surface area (Å²) in [6, 6.07) is 1.69. The maximum atomic E-state index is 3.76. The summed E-state index contributed by atoms with van der Waals surface area (Å²) in [5.74, 6) is 1.82. The summed E-state index contributed by atoms with van der Waals surface area (Å²) < 4.78 is 0. The molecule has 2 fully saturated rings. The van der Waals surface area contributed by atoms with Crippen LogP contribution in [0, 0.1) is 11.8 Å². The van der Waals surface area contributed by atoms with Crippen molar-refractivity contribution in [2.24, 2.45) is 11.8 Å². The third kappa shape index (κ3) is 3.46. The summed E-state index contributed by atoms with van der Waals surface area (Å²) in [6.07, 6.45) is 7.06. The number of nitrogens with zero attached hydrogens (tertiary/aromatic N) is 1. The van der Waals surface area contributed by atoms with Crippen LogP contribution in [0.1, 0.15) is 46.0 Å². The normalized spacial score (nSPS) is 35.6. The Bertz CT molecular complexity index is 213. The molecule has 94 valence electrons. The molecule has 0 aromatic rings. The lowest BCUT2D eigenvalue weighted by atomic mass is 9.80. The van der Waals surface area contributed by atoms with Gasteiger partial charge in [-0.3, -0.25) is 0 Å². The van der Waals surface area contributed by atoms with Gasteiger partial charge in [-0.2, -0.15) is 0 Å². The van der Waals surface area contributed by atoms with E-state index in [0.717, 1.165) is 23.9 Å². The van der Waals surface area contributed by atoms with Crippen LogP contribution in [0.4, 0.5) is 0 Å². The van der Waals surface area contributed by atoms with E-state index in [1.165, 1.54) is 45.2 Å². The van der Waals surface area contributed by atoms with E-state index in [-0.39, 0.29) is 0 Å². The molecule has 0 aliphatic heterocycles. The van der Waals surface area contributed by atoms with Crippen LogP contribution in [-0.4, -0.2) is 37.1 Å². The number of nitrogens with one attached hydrogen (secondary N) is 1. The molecule has 1 N–H and O–H groups in total. The van der Waals surface area contributed by atoms with Gasteiger partial charge >= 0.3 is 0 Å². The van der Waals surface area contributed by atoms with Gasteiger partial charge in [0.05, 0.1) is 0 Å². The van der Waals surface area contributed by atoms with Gasteiger partial charge in [0.15, 0.2) is 0 Å². The average Bonchev–Trinajstić information content (AvgIpc) is 3.04. The maximum Gasteiger partial charge on any atom is 0.0107 e. The minimum atomic E-state index is 0.781. The molecule has 0 aromatic heterocycles. The Kier molecular flexibility index (Phi) is 4.26. The smallest absolute Gasteiger partial charge is 0.0107 e. The lowest BCUT2D eigenvalue weighted by Gasteiger charge is -2.33. The largest absolute Gasteiger partial charge is 0.312 e. The number of hydrogen-bond acceptors (Lipinski definition) is 2. The molecule has 2 aliphatic rings. The summed E-state index contributed by atoms with van der Waals surface area (Å²) in [7, 11) is 2.27. The van der Waals surface area contributed by atoms with Crippen LogP contribution >= 0.6 is 0 Å². The third-order valence-corrected chi connectivity index (χ3v) is 4.47. The highest BCUT2D eigenvalue weighted by atomic mass is 15.2. The average molecular weight is 224 g/mol. The quantitative estimate of drug-likeness (QED) is 0.772. The molecule has 2 nitrogen and oxygen atoms in total. The van der Waals surface area contributed by atoms with Crippen LogP contribution < -0.4 is 5.32 Å². The lowest BCUT2D eigenvalue weighted by Crippen LogP contribution is -2.42. The van der Waals surface area contributed by atoms with Gasteiger partial charge in [0.1, 0.15) is 0 Å². The van der Waals surface area contributed by atoms with Gasteiger partial charge in [-0.25, -0.2) is 0 Å². The van der Waals surface area contributed by atoms with Crippen LogP contribution in [0.3, 0.4) is 0 Å². The summed E-state index contributed by atoms with van der Waals surface area (Å²) in [4.78, 5) is 2.52. The van der Waals surface area contributed by atoms with E-state index in [0.29, 0.717) is 0 Å². The molecule has 0 aromatic carbocycles. The van der Waals surface area contributed by atoms with Crippen molar-refractivity contribution < 1.29 is 0 Å². The second-order valence-electron chi connectivity index (χ2n) is 6.17. The summed E-state index contributed by atoms with van der Waals surface area (Å²) >= 11 is 0. The molecule has 2 aliphatic carbocycles. The molecule has 2 rings (SSSR count). The number of rotatable bonds is 5. The van der Waals surface area contributed by atoms with E-state index in [1.54, 1.807) is 0 Å². The molecule has 2 saturated carbocycles. The molecule has 3 unspecified atom stereocenters. The highest BCUT2D eigenvalue weighted by Gasteiger charge is 2.27. The van der Waals surface area contributed by atoms with Gasteiger partial charge in [-0.05, 0) is 51.0 Å². The molecule has 0 saturated heterocycles. The first-order valence-electron chi connectivity index (χ1n) is 7.10. The molecule has 0 radical (unpaired) electrons.